The van der Waals surface area contributed by atoms with Crippen molar-refractivity contribution in [3.05, 3.63) is 34.9 Å². The summed E-state index contributed by atoms with van der Waals surface area (Å²) < 4.78 is 0. The van der Waals surface area contributed by atoms with E-state index in [9.17, 15) is 4.79 Å². The summed E-state index contributed by atoms with van der Waals surface area (Å²) in [6.07, 6.45) is 1.42. The lowest BCUT2D eigenvalue weighted by Gasteiger charge is -2.38. The number of hydrogen-bond acceptors (Lipinski definition) is 3. The van der Waals surface area contributed by atoms with Crippen molar-refractivity contribution in [3.8, 4) is 0 Å². The number of nitrogens with two attached hydrogens (primary N) is 1. The third kappa shape index (κ3) is 3.01. The Bertz CT molecular complexity index is 573. The smallest absolute Gasteiger partial charge is 0.254 e. The maximum atomic E-state index is 12.6. The van der Waals surface area contributed by atoms with Gasteiger partial charge in [0.1, 0.15) is 5.84 Å². The van der Waals surface area contributed by atoms with E-state index in [2.05, 4.69) is 5.16 Å². The van der Waals surface area contributed by atoms with Gasteiger partial charge in [-0.25, -0.2) is 0 Å². The Balaban J connectivity index is 2.10. The fraction of sp³-hybridized carbons (Fsp3) is 0.500. The number of benzene rings is 1. The Morgan fingerprint density at radius 2 is 1.95 bits per heavy atom. The average Bonchev–Trinajstić information content (AvgIpc) is 2.46. The molecule has 0 radical (unpaired) electrons. The molecule has 3 N–H and O–H groups in total. The van der Waals surface area contributed by atoms with Crippen LogP contribution in [0.1, 0.15) is 41.3 Å². The van der Waals surface area contributed by atoms with Crippen LogP contribution < -0.4 is 5.73 Å². The maximum Gasteiger partial charge on any atom is 0.254 e. The minimum atomic E-state index is -0.326. The molecule has 114 valence electrons. The molecule has 1 aromatic carbocycles. The summed E-state index contributed by atoms with van der Waals surface area (Å²) >= 11 is 0. The van der Waals surface area contributed by atoms with Gasteiger partial charge in [-0.05, 0) is 38.3 Å². The first-order valence-corrected chi connectivity index (χ1v) is 7.22. The SMILES string of the molecule is Cc1ccc(C(=O)N2CCC(C)(/C(N)=N/O)CC2)c(C)c1. The minimum Gasteiger partial charge on any atom is -0.409 e. The number of oxime groups is 1. The molecule has 0 saturated carbocycles. The van der Waals surface area contributed by atoms with Crippen molar-refractivity contribution in [1.29, 1.82) is 0 Å². The molecule has 0 atom stereocenters. The molecule has 0 aromatic heterocycles. The molecular formula is C16H23N3O2. The number of carbonyl (C=O) groups is 1. The fourth-order valence-corrected chi connectivity index (χ4v) is 2.80. The van der Waals surface area contributed by atoms with Crippen LogP contribution in [0.3, 0.4) is 0 Å². The zero-order valence-electron chi connectivity index (χ0n) is 12.9. The van der Waals surface area contributed by atoms with Gasteiger partial charge in [0.15, 0.2) is 0 Å². The first kappa shape index (κ1) is 15.4. The molecule has 1 amide bonds. The highest BCUT2D eigenvalue weighted by Gasteiger charge is 2.35. The maximum absolute atomic E-state index is 12.6. The first-order chi connectivity index (χ1) is 9.87. The molecule has 1 aromatic rings. The van der Waals surface area contributed by atoms with E-state index in [1.807, 2.05) is 43.9 Å². The molecule has 0 unspecified atom stereocenters. The molecule has 1 saturated heterocycles. The molecule has 1 heterocycles. The van der Waals surface area contributed by atoms with E-state index >= 15 is 0 Å². The van der Waals surface area contributed by atoms with Crippen molar-refractivity contribution in [2.24, 2.45) is 16.3 Å². The van der Waals surface area contributed by atoms with Gasteiger partial charge in [-0.15, -0.1) is 0 Å². The van der Waals surface area contributed by atoms with Crippen LogP contribution in [0.2, 0.25) is 0 Å². The van der Waals surface area contributed by atoms with Crippen molar-refractivity contribution >= 4 is 11.7 Å². The third-order valence-electron chi connectivity index (χ3n) is 4.49. The summed E-state index contributed by atoms with van der Waals surface area (Å²) in [4.78, 5) is 14.4. The predicted octanol–water partition coefficient (Wildman–Crippen LogP) is 2.29. The van der Waals surface area contributed by atoms with Gasteiger partial charge in [-0.2, -0.15) is 0 Å². The lowest BCUT2D eigenvalue weighted by atomic mass is 9.79. The van der Waals surface area contributed by atoms with Crippen LogP contribution in [-0.2, 0) is 0 Å². The van der Waals surface area contributed by atoms with Gasteiger partial charge in [0.05, 0.1) is 0 Å². The fourth-order valence-electron chi connectivity index (χ4n) is 2.80. The van der Waals surface area contributed by atoms with E-state index in [0.717, 1.165) is 16.7 Å². The van der Waals surface area contributed by atoms with Gasteiger partial charge >= 0.3 is 0 Å². The van der Waals surface area contributed by atoms with Crippen molar-refractivity contribution in [2.45, 2.75) is 33.6 Å². The number of amidine groups is 1. The van der Waals surface area contributed by atoms with Gasteiger partial charge in [0.2, 0.25) is 0 Å². The quantitative estimate of drug-likeness (QED) is 0.379. The second kappa shape index (κ2) is 5.76. The van der Waals surface area contributed by atoms with Crippen molar-refractivity contribution in [1.82, 2.24) is 4.90 Å². The molecule has 1 aliphatic heterocycles. The molecule has 5 heteroatoms. The third-order valence-corrected chi connectivity index (χ3v) is 4.49. The van der Waals surface area contributed by atoms with Crippen LogP contribution in [0.5, 0.6) is 0 Å². The van der Waals surface area contributed by atoms with Crippen LogP contribution >= 0.6 is 0 Å². The van der Waals surface area contributed by atoms with E-state index in [4.69, 9.17) is 10.9 Å². The highest BCUT2D eigenvalue weighted by molar-refractivity contribution is 5.96. The predicted molar refractivity (Wildman–Crippen MR) is 82.6 cm³/mol. The number of hydrogen-bond donors (Lipinski definition) is 2. The average molecular weight is 289 g/mol. The number of amides is 1. The normalized spacial score (nSPS) is 18.6. The van der Waals surface area contributed by atoms with E-state index < -0.39 is 0 Å². The molecule has 5 nitrogen and oxygen atoms in total. The van der Waals surface area contributed by atoms with Crippen LogP contribution in [0.4, 0.5) is 0 Å². The summed E-state index contributed by atoms with van der Waals surface area (Å²) in [5, 5.41) is 12.0. The zero-order valence-corrected chi connectivity index (χ0v) is 12.9. The molecule has 0 aliphatic carbocycles. The molecule has 2 rings (SSSR count). The summed E-state index contributed by atoms with van der Waals surface area (Å²) in [5.74, 6) is 0.315. The number of carbonyl (C=O) groups excluding carboxylic acids is 1. The number of piperidine rings is 1. The minimum absolute atomic E-state index is 0.0639. The lowest BCUT2D eigenvalue weighted by molar-refractivity contribution is 0.0666. The highest BCUT2D eigenvalue weighted by Crippen LogP contribution is 2.31. The van der Waals surface area contributed by atoms with Crippen LogP contribution in [0.15, 0.2) is 23.4 Å². The molecular weight excluding hydrogens is 266 g/mol. The van der Waals surface area contributed by atoms with E-state index in [1.165, 1.54) is 0 Å². The summed E-state index contributed by atoms with van der Waals surface area (Å²) in [6, 6.07) is 5.88. The summed E-state index contributed by atoms with van der Waals surface area (Å²) in [6.45, 7) is 7.20. The van der Waals surface area contributed by atoms with Gasteiger partial charge < -0.3 is 15.8 Å². The standard InChI is InChI=1S/C16H23N3O2/c1-11-4-5-13(12(2)10-11)14(20)19-8-6-16(3,7-9-19)15(17)18-21/h4-5,10,21H,6-9H2,1-3H3,(H2,17,18). The molecule has 1 aliphatic rings. The topological polar surface area (TPSA) is 78.9 Å². The van der Waals surface area contributed by atoms with Gasteiger partial charge in [0.25, 0.3) is 5.91 Å². The van der Waals surface area contributed by atoms with E-state index in [-0.39, 0.29) is 17.2 Å². The van der Waals surface area contributed by atoms with Crippen molar-refractivity contribution in [3.63, 3.8) is 0 Å². The molecule has 0 bridgehead atoms. The monoisotopic (exact) mass is 289 g/mol. The molecule has 0 spiro atoms. The Labute approximate surface area is 125 Å². The summed E-state index contributed by atoms with van der Waals surface area (Å²) in [7, 11) is 0. The lowest BCUT2D eigenvalue weighted by Crippen LogP contribution is -2.47. The van der Waals surface area contributed by atoms with E-state index in [0.29, 0.717) is 25.9 Å². The number of aryl methyl sites for hydroxylation is 2. The second-order valence-electron chi connectivity index (χ2n) is 6.16. The Kier molecular flexibility index (Phi) is 4.21. The summed E-state index contributed by atoms with van der Waals surface area (Å²) in [5.41, 5.74) is 8.34. The molecule has 1 fully saturated rings. The zero-order chi connectivity index (χ0) is 15.6. The Hall–Kier alpha value is -2.04. The number of rotatable bonds is 2. The first-order valence-electron chi connectivity index (χ1n) is 7.22. The van der Waals surface area contributed by atoms with Crippen LogP contribution in [-0.4, -0.2) is 34.9 Å². The Morgan fingerprint density at radius 3 is 2.48 bits per heavy atom. The number of nitrogens with zero attached hydrogens (tertiary/aromatic N) is 2. The van der Waals surface area contributed by atoms with Gasteiger partial charge in [0, 0.05) is 24.1 Å². The number of likely N-dealkylation sites (tertiary alicyclic amines) is 1. The second-order valence-corrected chi connectivity index (χ2v) is 6.16. The Morgan fingerprint density at radius 1 is 1.33 bits per heavy atom. The van der Waals surface area contributed by atoms with Gasteiger partial charge in [-0.1, -0.05) is 29.8 Å². The molecule has 21 heavy (non-hydrogen) atoms. The van der Waals surface area contributed by atoms with Crippen LogP contribution in [0, 0.1) is 19.3 Å². The van der Waals surface area contributed by atoms with Crippen LogP contribution in [0.25, 0.3) is 0 Å². The van der Waals surface area contributed by atoms with Crippen molar-refractivity contribution < 1.29 is 10.0 Å². The van der Waals surface area contributed by atoms with Crippen molar-refractivity contribution in [2.75, 3.05) is 13.1 Å². The highest BCUT2D eigenvalue weighted by atomic mass is 16.4. The largest absolute Gasteiger partial charge is 0.409 e. The van der Waals surface area contributed by atoms with Gasteiger partial charge in [-0.3, -0.25) is 4.79 Å². The van der Waals surface area contributed by atoms with E-state index in [1.54, 1.807) is 0 Å².